The van der Waals surface area contributed by atoms with Crippen molar-refractivity contribution in [3.8, 4) is 0 Å². The Kier molecular flexibility index (Phi) is 4.31. The number of halogens is 2. The van der Waals surface area contributed by atoms with Crippen LogP contribution in [0.15, 0.2) is 18.2 Å². The zero-order chi connectivity index (χ0) is 15.1. The highest BCUT2D eigenvalue weighted by Gasteiger charge is 2.48. The van der Waals surface area contributed by atoms with Crippen LogP contribution in [0.5, 0.6) is 0 Å². The second-order valence-electron chi connectivity index (χ2n) is 6.33. The smallest absolute Gasteiger partial charge is 0.137 e. The maximum atomic E-state index is 12.6. The molecule has 0 aliphatic carbocycles. The molecule has 2 aliphatic heterocycles. The number of rotatable bonds is 3. The van der Waals surface area contributed by atoms with Gasteiger partial charge in [0.25, 0.3) is 0 Å². The Morgan fingerprint density at radius 3 is 2.71 bits per heavy atom. The van der Waals surface area contributed by atoms with Gasteiger partial charge in [0.1, 0.15) is 5.78 Å². The average molecular weight is 326 g/mol. The van der Waals surface area contributed by atoms with E-state index in [9.17, 15) is 4.79 Å². The zero-order valence-electron chi connectivity index (χ0n) is 12.5. The number of carbonyl (C=O) groups excluding carboxylic acids is 1. The molecular formula is C17H21Cl2NO. The number of benzene rings is 1. The first kappa shape index (κ1) is 15.3. The van der Waals surface area contributed by atoms with Crippen molar-refractivity contribution in [3.63, 3.8) is 0 Å². The lowest BCUT2D eigenvalue weighted by atomic mass is 9.73. The summed E-state index contributed by atoms with van der Waals surface area (Å²) in [6.45, 7) is 1.97. The lowest BCUT2D eigenvalue weighted by Crippen LogP contribution is -2.48. The monoisotopic (exact) mass is 325 g/mol. The average Bonchev–Trinajstić information content (AvgIpc) is 2.72. The van der Waals surface area contributed by atoms with Gasteiger partial charge in [0.15, 0.2) is 0 Å². The van der Waals surface area contributed by atoms with Gasteiger partial charge in [0, 0.05) is 24.4 Å². The minimum Gasteiger partial charge on any atom is -0.300 e. The van der Waals surface area contributed by atoms with Crippen molar-refractivity contribution in [2.24, 2.45) is 5.92 Å². The van der Waals surface area contributed by atoms with Crippen LogP contribution in [0.1, 0.15) is 44.1 Å². The summed E-state index contributed by atoms with van der Waals surface area (Å²) in [6, 6.07) is 6.83. The summed E-state index contributed by atoms with van der Waals surface area (Å²) in [5, 5.41) is 1.16. The number of ketones is 1. The molecule has 0 saturated carbocycles. The van der Waals surface area contributed by atoms with E-state index in [2.05, 4.69) is 11.9 Å². The van der Waals surface area contributed by atoms with Crippen LogP contribution in [-0.2, 0) is 4.79 Å². The number of Topliss-reactive ketones (excluding diaryl/α,β-unsaturated/α-hetero) is 1. The van der Waals surface area contributed by atoms with Crippen molar-refractivity contribution >= 4 is 29.0 Å². The quantitative estimate of drug-likeness (QED) is 0.813. The summed E-state index contributed by atoms with van der Waals surface area (Å²) >= 11 is 12.2. The van der Waals surface area contributed by atoms with E-state index in [0.29, 0.717) is 34.3 Å². The molecule has 2 saturated heterocycles. The van der Waals surface area contributed by atoms with E-state index in [1.165, 1.54) is 12.0 Å². The van der Waals surface area contributed by atoms with Gasteiger partial charge in [-0.05, 0) is 49.9 Å². The van der Waals surface area contributed by atoms with E-state index in [1.54, 1.807) is 0 Å². The van der Waals surface area contributed by atoms with E-state index in [4.69, 9.17) is 23.2 Å². The first-order chi connectivity index (χ1) is 10.0. The molecule has 4 atom stereocenters. The molecule has 2 fully saturated rings. The minimum atomic E-state index is 0.0935. The van der Waals surface area contributed by atoms with E-state index in [0.717, 1.165) is 12.8 Å². The molecule has 0 radical (unpaired) electrons. The third kappa shape index (κ3) is 2.62. The summed E-state index contributed by atoms with van der Waals surface area (Å²) in [5.41, 5.74) is 1.17. The number of nitrogens with zero attached hydrogens (tertiary/aromatic N) is 1. The van der Waals surface area contributed by atoms with Crippen LogP contribution in [0.2, 0.25) is 10.0 Å². The van der Waals surface area contributed by atoms with Crippen LogP contribution in [0.4, 0.5) is 0 Å². The molecule has 0 aromatic heterocycles. The third-order valence-corrected chi connectivity index (χ3v) is 6.10. The van der Waals surface area contributed by atoms with Gasteiger partial charge in [0.2, 0.25) is 0 Å². The maximum absolute atomic E-state index is 12.6. The summed E-state index contributed by atoms with van der Waals surface area (Å²) < 4.78 is 0. The van der Waals surface area contributed by atoms with Crippen LogP contribution in [-0.4, -0.2) is 29.8 Å². The highest BCUT2D eigenvalue weighted by atomic mass is 35.5. The molecular weight excluding hydrogens is 305 g/mol. The van der Waals surface area contributed by atoms with Crippen molar-refractivity contribution in [2.45, 2.75) is 50.6 Å². The number of piperidine rings is 1. The summed E-state index contributed by atoms with van der Waals surface area (Å²) in [4.78, 5) is 15.0. The van der Waals surface area contributed by atoms with E-state index in [1.807, 2.05) is 25.1 Å². The normalized spacial score (nSPS) is 32.4. The fraction of sp³-hybridized carbons (Fsp3) is 0.588. The SMILES string of the molecule is CCC(=O)[C@H]1[C@@H](c2ccc(Cl)c(Cl)c2)C[C@@H]2CC[C@H]1N2C. The first-order valence-electron chi connectivity index (χ1n) is 7.72. The van der Waals surface area contributed by atoms with Crippen molar-refractivity contribution in [1.82, 2.24) is 4.90 Å². The maximum Gasteiger partial charge on any atom is 0.137 e. The predicted molar refractivity (Wildman–Crippen MR) is 87.2 cm³/mol. The van der Waals surface area contributed by atoms with Crippen molar-refractivity contribution < 1.29 is 4.79 Å². The highest BCUT2D eigenvalue weighted by Crippen LogP contribution is 2.47. The lowest BCUT2D eigenvalue weighted by Gasteiger charge is -2.42. The molecule has 2 bridgehead atoms. The van der Waals surface area contributed by atoms with Crippen LogP contribution in [0.3, 0.4) is 0 Å². The van der Waals surface area contributed by atoms with Crippen LogP contribution >= 0.6 is 23.2 Å². The fourth-order valence-corrected chi connectivity index (χ4v) is 4.53. The molecule has 3 rings (SSSR count). The summed E-state index contributed by atoms with van der Waals surface area (Å²) in [5.74, 6) is 0.750. The minimum absolute atomic E-state index is 0.0935. The molecule has 21 heavy (non-hydrogen) atoms. The van der Waals surface area contributed by atoms with Gasteiger partial charge in [-0.3, -0.25) is 9.69 Å². The summed E-state index contributed by atoms with van der Waals surface area (Å²) in [6.07, 6.45) is 3.99. The second kappa shape index (κ2) is 5.91. The second-order valence-corrected chi connectivity index (χ2v) is 7.14. The molecule has 4 heteroatoms. The van der Waals surface area contributed by atoms with Gasteiger partial charge in [-0.15, -0.1) is 0 Å². The number of hydrogen-bond acceptors (Lipinski definition) is 2. The Labute approximate surface area is 136 Å². The van der Waals surface area contributed by atoms with Crippen molar-refractivity contribution in [1.29, 1.82) is 0 Å². The standard InChI is InChI=1S/C17H21Cl2NO/c1-3-16(21)17-12(9-11-5-7-15(17)20(11)2)10-4-6-13(18)14(19)8-10/h4,6,8,11-12,15,17H,3,5,7,9H2,1-2H3/t11-,12+,15+,17-/m0/s1. The first-order valence-corrected chi connectivity index (χ1v) is 8.48. The van der Waals surface area contributed by atoms with E-state index in [-0.39, 0.29) is 11.8 Å². The van der Waals surface area contributed by atoms with Crippen LogP contribution in [0.25, 0.3) is 0 Å². The van der Waals surface area contributed by atoms with Crippen LogP contribution < -0.4 is 0 Å². The molecule has 0 N–H and O–H groups in total. The Morgan fingerprint density at radius 2 is 2.05 bits per heavy atom. The van der Waals surface area contributed by atoms with E-state index < -0.39 is 0 Å². The van der Waals surface area contributed by atoms with Gasteiger partial charge >= 0.3 is 0 Å². The summed E-state index contributed by atoms with van der Waals surface area (Å²) in [7, 11) is 2.17. The van der Waals surface area contributed by atoms with Crippen molar-refractivity contribution in [2.75, 3.05) is 7.05 Å². The molecule has 1 aromatic carbocycles. The van der Waals surface area contributed by atoms with Crippen LogP contribution in [0, 0.1) is 5.92 Å². The van der Waals surface area contributed by atoms with Crippen molar-refractivity contribution in [3.05, 3.63) is 33.8 Å². The topological polar surface area (TPSA) is 20.3 Å². The van der Waals surface area contributed by atoms with Gasteiger partial charge in [-0.2, -0.15) is 0 Å². The number of hydrogen-bond donors (Lipinski definition) is 0. The van der Waals surface area contributed by atoms with Gasteiger partial charge in [-0.25, -0.2) is 0 Å². The molecule has 2 nitrogen and oxygen atoms in total. The van der Waals surface area contributed by atoms with Gasteiger partial charge in [0.05, 0.1) is 10.0 Å². The Morgan fingerprint density at radius 1 is 1.29 bits per heavy atom. The molecule has 114 valence electrons. The van der Waals surface area contributed by atoms with E-state index >= 15 is 0 Å². The fourth-order valence-electron chi connectivity index (χ4n) is 4.23. The molecule has 1 aromatic rings. The predicted octanol–water partition coefficient (Wildman–Crippen LogP) is 4.54. The highest BCUT2D eigenvalue weighted by molar-refractivity contribution is 6.42. The number of fused-ring (bicyclic) bond motifs is 2. The Hall–Kier alpha value is -0.570. The molecule has 0 spiro atoms. The Bertz CT molecular complexity index is 560. The lowest BCUT2D eigenvalue weighted by molar-refractivity contribution is -0.126. The molecule has 2 heterocycles. The molecule has 0 unspecified atom stereocenters. The van der Waals surface area contributed by atoms with Gasteiger partial charge < -0.3 is 0 Å². The third-order valence-electron chi connectivity index (χ3n) is 5.36. The number of carbonyl (C=O) groups is 1. The Balaban J connectivity index is 1.98. The molecule has 0 amide bonds. The van der Waals surface area contributed by atoms with Gasteiger partial charge in [-0.1, -0.05) is 36.2 Å². The molecule has 2 aliphatic rings. The zero-order valence-corrected chi connectivity index (χ0v) is 14.0. The largest absolute Gasteiger partial charge is 0.300 e.